The van der Waals surface area contributed by atoms with Gasteiger partial charge in [-0.25, -0.2) is 8.42 Å². The number of hydrogen-bond acceptors (Lipinski definition) is 3. The Bertz CT molecular complexity index is 897. The molecule has 0 saturated heterocycles. The molecule has 0 heterocycles. The first-order valence-corrected chi connectivity index (χ1v) is 9.95. The summed E-state index contributed by atoms with van der Waals surface area (Å²) in [6.45, 7) is 5.47. The maximum atomic E-state index is 12.6. The highest BCUT2D eigenvalue weighted by atomic mass is 35.5. The SMILES string of the molecule is Cc1ccc(NC(=O)[C@H](C)N(c2cccc(Cl)c2)S(C)(=O)=O)cc1C. The Morgan fingerprint density at radius 1 is 1.12 bits per heavy atom. The third-order valence-corrected chi connectivity index (χ3v) is 5.40. The average Bonchev–Trinajstić information content (AvgIpc) is 2.49. The van der Waals surface area contributed by atoms with E-state index in [0.29, 0.717) is 16.4 Å². The molecule has 0 radical (unpaired) electrons. The topological polar surface area (TPSA) is 66.5 Å². The van der Waals surface area contributed by atoms with E-state index in [2.05, 4.69) is 5.32 Å². The van der Waals surface area contributed by atoms with Crippen LogP contribution in [0.15, 0.2) is 42.5 Å². The van der Waals surface area contributed by atoms with Crippen LogP contribution in [0.3, 0.4) is 0 Å². The van der Waals surface area contributed by atoms with E-state index in [0.717, 1.165) is 21.7 Å². The summed E-state index contributed by atoms with van der Waals surface area (Å²) in [5, 5.41) is 3.16. The zero-order valence-electron chi connectivity index (χ0n) is 14.6. The molecule has 5 nitrogen and oxygen atoms in total. The largest absolute Gasteiger partial charge is 0.324 e. The normalized spacial score (nSPS) is 12.5. The molecule has 0 aliphatic heterocycles. The fourth-order valence-corrected chi connectivity index (χ4v) is 3.84. The van der Waals surface area contributed by atoms with Gasteiger partial charge in [0.05, 0.1) is 11.9 Å². The molecule has 2 aromatic carbocycles. The van der Waals surface area contributed by atoms with Gasteiger partial charge in [0.15, 0.2) is 0 Å². The highest BCUT2D eigenvalue weighted by Gasteiger charge is 2.29. The molecule has 7 heteroatoms. The summed E-state index contributed by atoms with van der Waals surface area (Å²) in [7, 11) is -3.67. The monoisotopic (exact) mass is 380 g/mol. The van der Waals surface area contributed by atoms with Gasteiger partial charge >= 0.3 is 0 Å². The van der Waals surface area contributed by atoms with Crippen molar-refractivity contribution in [1.29, 1.82) is 0 Å². The summed E-state index contributed by atoms with van der Waals surface area (Å²) in [5.41, 5.74) is 3.13. The highest BCUT2D eigenvalue weighted by molar-refractivity contribution is 7.92. The minimum absolute atomic E-state index is 0.345. The lowest BCUT2D eigenvalue weighted by atomic mass is 10.1. The van der Waals surface area contributed by atoms with Crippen LogP contribution in [-0.2, 0) is 14.8 Å². The molecule has 0 bridgehead atoms. The molecule has 2 aromatic rings. The number of amides is 1. The number of aryl methyl sites for hydroxylation is 2. The van der Waals surface area contributed by atoms with Crippen LogP contribution in [0.4, 0.5) is 11.4 Å². The third-order valence-electron chi connectivity index (χ3n) is 3.93. The number of rotatable bonds is 5. The average molecular weight is 381 g/mol. The molecule has 1 amide bonds. The van der Waals surface area contributed by atoms with Gasteiger partial charge in [-0.2, -0.15) is 0 Å². The van der Waals surface area contributed by atoms with Gasteiger partial charge in [-0.3, -0.25) is 9.10 Å². The van der Waals surface area contributed by atoms with Crippen molar-refractivity contribution in [1.82, 2.24) is 0 Å². The van der Waals surface area contributed by atoms with Gasteiger partial charge < -0.3 is 5.32 Å². The van der Waals surface area contributed by atoms with Crippen molar-refractivity contribution in [2.24, 2.45) is 0 Å². The predicted molar refractivity (Wildman–Crippen MR) is 103 cm³/mol. The predicted octanol–water partition coefficient (Wildman–Crippen LogP) is 3.75. The van der Waals surface area contributed by atoms with Gasteiger partial charge in [-0.15, -0.1) is 0 Å². The van der Waals surface area contributed by atoms with Crippen molar-refractivity contribution in [3.63, 3.8) is 0 Å². The number of carbonyl (C=O) groups excluding carboxylic acids is 1. The molecular formula is C18H21ClN2O3S. The van der Waals surface area contributed by atoms with E-state index in [9.17, 15) is 13.2 Å². The maximum absolute atomic E-state index is 12.6. The van der Waals surface area contributed by atoms with Crippen LogP contribution in [0.2, 0.25) is 5.02 Å². The third kappa shape index (κ3) is 4.74. The molecular weight excluding hydrogens is 360 g/mol. The Morgan fingerprint density at radius 2 is 1.80 bits per heavy atom. The van der Waals surface area contributed by atoms with Crippen LogP contribution in [0.5, 0.6) is 0 Å². The fraction of sp³-hybridized carbons (Fsp3) is 0.278. The summed E-state index contributed by atoms with van der Waals surface area (Å²) in [4.78, 5) is 12.6. The van der Waals surface area contributed by atoms with Gasteiger partial charge in [0.1, 0.15) is 6.04 Å². The molecule has 134 valence electrons. The number of sulfonamides is 1. The minimum atomic E-state index is -3.67. The highest BCUT2D eigenvalue weighted by Crippen LogP contribution is 2.25. The van der Waals surface area contributed by atoms with Gasteiger partial charge in [0.2, 0.25) is 15.9 Å². The number of benzene rings is 2. The van der Waals surface area contributed by atoms with Crippen molar-refractivity contribution in [3.8, 4) is 0 Å². The van der Waals surface area contributed by atoms with Crippen molar-refractivity contribution >= 4 is 38.9 Å². The van der Waals surface area contributed by atoms with Gasteiger partial charge in [-0.05, 0) is 62.2 Å². The van der Waals surface area contributed by atoms with Crippen LogP contribution in [0.25, 0.3) is 0 Å². The molecule has 0 aromatic heterocycles. The summed E-state index contributed by atoms with van der Waals surface area (Å²) in [6.07, 6.45) is 1.06. The van der Waals surface area contributed by atoms with Crippen molar-refractivity contribution in [2.75, 3.05) is 15.9 Å². The van der Waals surface area contributed by atoms with E-state index in [1.807, 2.05) is 26.0 Å². The lowest BCUT2D eigenvalue weighted by Gasteiger charge is -2.28. The lowest BCUT2D eigenvalue weighted by molar-refractivity contribution is -0.116. The standard InChI is InChI=1S/C18H21ClN2O3S/c1-12-8-9-16(10-13(12)2)20-18(22)14(3)21(25(4,23)24)17-7-5-6-15(19)11-17/h5-11,14H,1-4H3,(H,20,22)/t14-/m0/s1. The summed E-state index contributed by atoms with van der Waals surface area (Å²) >= 11 is 5.96. The van der Waals surface area contributed by atoms with Gasteiger partial charge in [0.25, 0.3) is 0 Å². The van der Waals surface area contributed by atoms with Crippen LogP contribution >= 0.6 is 11.6 Å². The first kappa shape index (κ1) is 19.3. The molecule has 25 heavy (non-hydrogen) atoms. The molecule has 1 N–H and O–H groups in total. The maximum Gasteiger partial charge on any atom is 0.247 e. The van der Waals surface area contributed by atoms with E-state index >= 15 is 0 Å². The Labute approximate surface area is 153 Å². The second kappa shape index (κ2) is 7.45. The van der Waals surface area contributed by atoms with E-state index in [4.69, 9.17) is 11.6 Å². The molecule has 0 saturated carbocycles. The number of nitrogens with zero attached hydrogens (tertiary/aromatic N) is 1. The number of hydrogen-bond donors (Lipinski definition) is 1. The van der Waals surface area contributed by atoms with Crippen LogP contribution in [-0.4, -0.2) is 26.6 Å². The molecule has 0 spiro atoms. The number of nitrogens with one attached hydrogen (secondary N) is 1. The Balaban J connectivity index is 2.31. The van der Waals surface area contributed by atoms with E-state index in [1.165, 1.54) is 6.07 Å². The Hall–Kier alpha value is -2.05. The number of halogens is 1. The fourth-order valence-electron chi connectivity index (χ4n) is 2.49. The second-order valence-electron chi connectivity index (χ2n) is 6.00. The molecule has 0 aliphatic carbocycles. The summed E-state index contributed by atoms with van der Waals surface area (Å²) in [5.74, 6) is -0.423. The second-order valence-corrected chi connectivity index (χ2v) is 8.30. The molecule has 2 rings (SSSR count). The zero-order valence-corrected chi connectivity index (χ0v) is 16.1. The molecule has 0 aliphatic rings. The molecule has 0 fully saturated rings. The van der Waals surface area contributed by atoms with Crippen LogP contribution < -0.4 is 9.62 Å². The van der Waals surface area contributed by atoms with Crippen molar-refractivity contribution < 1.29 is 13.2 Å². The first-order chi connectivity index (χ1) is 11.6. The molecule has 0 unspecified atom stereocenters. The van der Waals surface area contributed by atoms with Crippen molar-refractivity contribution in [3.05, 3.63) is 58.6 Å². The number of anilines is 2. The van der Waals surface area contributed by atoms with Gasteiger partial charge in [-0.1, -0.05) is 23.7 Å². The number of carbonyl (C=O) groups is 1. The lowest BCUT2D eigenvalue weighted by Crippen LogP contribution is -2.45. The van der Waals surface area contributed by atoms with E-state index in [-0.39, 0.29) is 0 Å². The van der Waals surface area contributed by atoms with E-state index in [1.54, 1.807) is 31.2 Å². The summed E-state index contributed by atoms with van der Waals surface area (Å²) in [6, 6.07) is 11.0. The molecule has 1 atom stereocenters. The Morgan fingerprint density at radius 3 is 2.36 bits per heavy atom. The smallest absolute Gasteiger partial charge is 0.247 e. The van der Waals surface area contributed by atoms with Gasteiger partial charge in [0, 0.05) is 10.7 Å². The van der Waals surface area contributed by atoms with Crippen LogP contribution in [0, 0.1) is 13.8 Å². The minimum Gasteiger partial charge on any atom is -0.324 e. The Kier molecular flexibility index (Phi) is 5.75. The quantitative estimate of drug-likeness (QED) is 0.858. The summed E-state index contributed by atoms with van der Waals surface area (Å²) < 4.78 is 25.6. The van der Waals surface area contributed by atoms with E-state index < -0.39 is 22.0 Å². The first-order valence-electron chi connectivity index (χ1n) is 7.72. The van der Waals surface area contributed by atoms with Crippen LogP contribution in [0.1, 0.15) is 18.1 Å². The van der Waals surface area contributed by atoms with Crippen molar-refractivity contribution in [2.45, 2.75) is 26.8 Å². The zero-order chi connectivity index (χ0) is 18.8.